The molecule has 0 aliphatic rings. The zero-order valence-corrected chi connectivity index (χ0v) is 13.1. The molecule has 1 rings (SSSR count). The molecule has 0 unspecified atom stereocenters. The van der Waals surface area contributed by atoms with Gasteiger partial charge < -0.3 is 14.8 Å². The molecule has 0 bridgehead atoms. The fourth-order valence-electron chi connectivity index (χ4n) is 1.68. The zero-order valence-electron chi connectivity index (χ0n) is 12.4. The molecule has 0 fully saturated rings. The molecular weight excluding hydrogens is 292 g/mol. The van der Waals surface area contributed by atoms with Gasteiger partial charge in [-0.1, -0.05) is 11.6 Å². The van der Waals surface area contributed by atoms with Crippen LogP contribution in [0.3, 0.4) is 0 Å². The van der Waals surface area contributed by atoms with E-state index in [4.69, 9.17) is 26.3 Å². The number of nitriles is 1. The molecule has 5 nitrogen and oxygen atoms in total. The molecule has 0 saturated heterocycles. The molecule has 1 amide bonds. The first kappa shape index (κ1) is 16.9. The number of carbonyl (C=O) groups excluding carboxylic acids is 1. The molecule has 21 heavy (non-hydrogen) atoms. The summed E-state index contributed by atoms with van der Waals surface area (Å²) in [4.78, 5) is 11.9. The van der Waals surface area contributed by atoms with Crippen molar-refractivity contribution in [3.63, 3.8) is 0 Å². The number of nitrogens with one attached hydrogen (secondary N) is 1. The normalized spacial score (nSPS) is 11.0. The molecule has 0 atom stereocenters. The first-order valence-corrected chi connectivity index (χ1v) is 6.64. The van der Waals surface area contributed by atoms with Gasteiger partial charge in [-0.2, -0.15) is 5.26 Å². The lowest BCUT2D eigenvalue weighted by Gasteiger charge is -2.11. The molecule has 0 aliphatic carbocycles. The van der Waals surface area contributed by atoms with E-state index in [0.29, 0.717) is 22.1 Å². The molecule has 0 aromatic heterocycles. The first-order chi connectivity index (χ1) is 9.92. The molecule has 0 saturated carbocycles. The Morgan fingerprint density at radius 3 is 2.52 bits per heavy atom. The van der Waals surface area contributed by atoms with Gasteiger partial charge in [-0.25, -0.2) is 0 Å². The summed E-state index contributed by atoms with van der Waals surface area (Å²) in [5, 5.41) is 12.1. The summed E-state index contributed by atoms with van der Waals surface area (Å²) in [6.45, 7) is 3.64. The first-order valence-electron chi connectivity index (χ1n) is 6.27. The summed E-state index contributed by atoms with van der Waals surface area (Å²) >= 11 is 6.09. The number of rotatable bonds is 5. The number of amides is 1. The van der Waals surface area contributed by atoms with Crippen LogP contribution in [0, 0.1) is 11.3 Å². The predicted octanol–water partition coefficient (Wildman–Crippen LogP) is 2.79. The second-order valence-corrected chi connectivity index (χ2v) is 4.94. The van der Waals surface area contributed by atoms with Gasteiger partial charge in [0.2, 0.25) is 0 Å². The van der Waals surface area contributed by atoms with Crippen molar-refractivity contribution < 1.29 is 14.3 Å². The van der Waals surface area contributed by atoms with E-state index in [2.05, 4.69) is 5.32 Å². The fraction of sp³-hybridized carbons (Fsp3) is 0.333. The lowest BCUT2D eigenvalue weighted by molar-refractivity contribution is -0.117. The quantitative estimate of drug-likeness (QED) is 0.670. The van der Waals surface area contributed by atoms with Crippen LogP contribution in [0.15, 0.2) is 17.7 Å². The molecule has 1 N–H and O–H groups in total. The molecule has 0 aliphatic heterocycles. The van der Waals surface area contributed by atoms with E-state index in [1.807, 2.05) is 19.9 Å². The van der Waals surface area contributed by atoms with Crippen molar-refractivity contribution in [1.82, 2.24) is 5.32 Å². The van der Waals surface area contributed by atoms with Crippen molar-refractivity contribution >= 4 is 23.6 Å². The van der Waals surface area contributed by atoms with Crippen molar-refractivity contribution in [1.29, 1.82) is 5.26 Å². The molecule has 0 heterocycles. The van der Waals surface area contributed by atoms with E-state index in [-0.39, 0.29) is 11.6 Å². The van der Waals surface area contributed by atoms with Gasteiger partial charge in [-0.15, -0.1) is 0 Å². The van der Waals surface area contributed by atoms with E-state index < -0.39 is 5.91 Å². The fourth-order valence-corrected chi connectivity index (χ4v) is 1.97. The minimum absolute atomic E-state index is 0.00742. The van der Waals surface area contributed by atoms with Crippen LogP contribution in [-0.2, 0) is 4.79 Å². The van der Waals surface area contributed by atoms with E-state index in [1.54, 1.807) is 12.1 Å². The number of hydrogen-bond donors (Lipinski definition) is 1. The van der Waals surface area contributed by atoms with Crippen LogP contribution in [0.2, 0.25) is 5.02 Å². The summed E-state index contributed by atoms with van der Waals surface area (Å²) < 4.78 is 10.3. The van der Waals surface area contributed by atoms with E-state index in [0.717, 1.165) is 0 Å². The van der Waals surface area contributed by atoms with Gasteiger partial charge in [0.05, 0.1) is 19.2 Å². The monoisotopic (exact) mass is 308 g/mol. The largest absolute Gasteiger partial charge is 0.493 e. The third kappa shape index (κ3) is 4.40. The standard InChI is InChI=1S/C15H17ClN2O3/c1-9(2)18-15(19)11(8-17)5-10-6-12(16)14(21-4)13(7-10)20-3/h5-7,9H,1-4H3,(H,18,19)/b11-5-. The van der Waals surface area contributed by atoms with Crippen LogP contribution in [0.1, 0.15) is 19.4 Å². The third-order valence-corrected chi connectivity index (χ3v) is 2.83. The maximum atomic E-state index is 11.9. The number of methoxy groups -OCH3 is 2. The van der Waals surface area contributed by atoms with Gasteiger partial charge in [0.25, 0.3) is 5.91 Å². The average Bonchev–Trinajstić information content (AvgIpc) is 2.43. The van der Waals surface area contributed by atoms with Crippen molar-refractivity contribution in [2.45, 2.75) is 19.9 Å². The maximum Gasteiger partial charge on any atom is 0.262 e. The summed E-state index contributed by atoms with van der Waals surface area (Å²) in [5.74, 6) is 0.401. The van der Waals surface area contributed by atoms with Crippen LogP contribution in [0.5, 0.6) is 11.5 Å². The lowest BCUT2D eigenvalue weighted by atomic mass is 10.1. The Bertz CT molecular complexity index is 604. The highest BCUT2D eigenvalue weighted by Gasteiger charge is 2.13. The molecule has 112 valence electrons. The Hall–Kier alpha value is -2.19. The lowest BCUT2D eigenvalue weighted by Crippen LogP contribution is -2.30. The Labute approximate surface area is 129 Å². The van der Waals surface area contributed by atoms with Gasteiger partial charge in [-0.05, 0) is 37.6 Å². The number of hydrogen-bond acceptors (Lipinski definition) is 4. The van der Waals surface area contributed by atoms with Gasteiger partial charge >= 0.3 is 0 Å². The Morgan fingerprint density at radius 2 is 2.05 bits per heavy atom. The van der Waals surface area contributed by atoms with Crippen LogP contribution in [0.25, 0.3) is 6.08 Å². The van der Waals surface area contributed by atoms with Gasteiger partial charge in [0.1, 0.15) is 11.6 Å². The summed E-state index contributed by atoms with van der Waals surface area (Å²) in [7, 11) is 2.97. The third-order valence-electron chi connectivity index (χ3n) is 2.55. The van der Waals surface area contributed by atoms with Crippen LogP contribution in [0.4, 0.5) is 0 Å². The summed E-state index contributed by atoms with van der Waals surface area (Å²) in [6.07, 6.45) is 1.45. The van der Waals surface area contributed by atoms with Crippen molar-refractivity contribution in [2.75, 3.05) is 14.2 Å². The summed E-state index contributed by atoms with van der Waals surface area (Å²) in [5.41, 5.74) is 0.570. The molecular formula is C15H17ClN2O3. The zero-order chi connectivity index (χ0) is 16.0. The minimum Gasteiger partial charge on any atom is -0.493 e. The predicted molar refractivity (Wildman–Crippen MR) is 81.4 cm³/mol. The number of nitrogens with zero attached hydrogens (tertiary/aromatic N) is 1. The summed E-state index contributed by atoms with van der Waals surface area (Å²) in [6, 6.07) is 5.07. The number of carbonyl (C=O) groups is 1. The molecule has 6 heteroatoms. The number of halogens is 1. The van der Waals surface area contributed by atoms with E-state index in [1.165, 1.54) is 20.3 Å². The number of ether oxygens (including phenoxy) is 2. The van der Waals surface area contributed by atoms with Crippen molar-refractivity contribution in [3.8, 4) is 17.6 Å². The highest BCUT2D eigenvalue weighted by atomic mass is 35.5. The molecule has 0 radical (unpaired) electrons. The van der Waals surface area contributed by atoms with Gasteiger partial charge in [0, 0.05) is 6.04 Å². The van der Waals surface area contributed by atoms with Crippen LogP contribution in [-0.4, -0.2) is 26.2 Å². The SMILES string of the molecule is COc1cc(/C=C(/C#N)C(=O)NC(C)C)cc(Cl)c1OC. The second-order valence-electron chi connectivity index (χ2n) is 4.54. The maximum absolute atomic E-state index is 11.9. The van der Waals surface area contributed by atoms with E-state index >= 15 is 0 Å². The highest BCUT2D eigenvalue weighted by Crippen LogP contribution is 2.36. The molecule has 1 aromatic rings. The highest BCUT2D eigenvalue weighted by molar-refractivity contribution is 6.32. The van der Waals surface area contributed by atoms with Gasteiger partial charge in [0.15, 0.2) is 11.5 Å². The smallest absolute Gasteiger partial charge is 0.262 e. The van der Waals surface area contributed by atoms with Gasteiger partial charge in [-0.3, -0.25) is 4.79 Å². The van der Waals surface area contributed by atoms with Crippen LogP contribution >= 0.6 is 11.6 Å². The Morgan fingerprint density at radius 1 is 1.38 bits per heavy atom. The minimum atomic E-state index is -0.432. The van der Waals surface area contributed by atoms with Crippen molar-refractivity contribution in [3.05, 3.63) is 28.3 Å². The Balaban J connectivity index is 3.21. The average molecular weight is 309 g/mol. The topological polar surface area (TPSA) is 71.3 Å². The van der Waals surface area contributed by atoms with Crippen LogP contribution < -0.4 is 14.8 Å². The van der Waals surface area contributed by atoms with Crippen molar-refractivity contribution in [2.24, 2.45) is 0 Å². The second kappa shape index (κ2) is 7.55. The number of benzene rings is 1. The molecule has 1 aromatic carbocycles. The Kier molecular flexibility index (Phi) is 6.07. The molecule has 0 spiro atoms. The van der Waals surface area contributed by atoms with E-state index in [9.17, 15) is 4.79 Å².